The molecule has 0 saturated heterocycles. The Labute approximate surface area is 160 Å². The molecule has 27 heavy (non-hydrogen) atoms. The molecular formula is C23H26O4. The molecule has 4 heteroatoms. The minimum Gasteiger partial charge on any atom is -0.497 e. The predicted molar refractivity (Wildman–Crippen MR) is 106 cm³/mol. The summed E-state index contributed by atoms with van der Waals surface area (Å²) in [6, 6.07) is 15.1. The van der Waals surface area contributed by atoms with Crippen LogP contribution in [0.3, 0.4) is 0 Å². The van der Waals surface area contributed by atoms with Gasteiger partial charge in [-0.1, -0.05) is 31.2 Å². The van der Waals surface area contributed by atoms with Gasteiger partial charge in [0.25, 0.3) is 0 Å². The first kappa shape index (κ1) is 19.2. The van der Waals surface area contributed by atoms with E-state index in [0.29, 0.717) is 18.4 Å². The Morgan fingerprint density at radius 1 is 1.00 bits per heavy atom. The molecule has 0 bridgehead atoms. The standard InChI is InChI=1S/C23H26O4/c1-16(18-8-12-21(27-3)13-9-18)23(25)14-4-5-19(22(23)24)15-17-6-10-20(26-2)11-7-17/h6-13,15-16,25H,4-5,14H2,1-3H3/b19-15+. The van der Waals surface area contributed by atoms with Gasteiger partial charge in [0.1, 0.15) is 17.1 Å². The van der Waals surface area contributed by atoms with Gasteiger partial charge < -0.3 is 14.6 Å². The smallest absolute Gasteiger partial charge is 0.190 e. The van der Waals surface area contributed by atoms with Gasteiger partial charge in [-0.25, -0.2) is 0 Å². The summed E-state index contributed by atoms with van der Waals surface area (Å²) in [5, 5.41) is 11.3. The van der Waals surface area contributed by atoms with Crippen molar-refractivity contribution in [3.05, 3.63) is 65.2 Å². The Bertz CT molecular complexity index is 820. The van der Waals surface area contributed by atoms with Crippen molar-refractivity contribution in [1.82, 2.24) is 0 Å². The van der Waals surface area contributed by atoms with Gasteiger partial charge in [0.2, 0.25) is 0 Å². The predicted octanol–water partition coefficient (Wildman–Crippen LogP) is 4.38. The zero-order valence-corrected chi connectivity index (χ0v) is 16.1. The molecular weight excluding hydrogens is 340 g/mol. The molecule has 1 N–H and O–H groups in total. The van der Waals surface area contributed by atoms with Crippen LogP contribution in [0.1, 0.15) is 43.2 Å². The lowest BCUT2D eigenvalue weighted by molar-refractivity contribution is -0.138. The molecule has 0 aliphatic heterocycles. The van der Waals surface area contributed by atoms with E-state index in [4.69, 9.17) is 9.47 Å². The van der Waals surface area contributed by atoms with Crippen molar-refractivity contribution in [2.75, 3.05) is 14.2 Å². The average molecular weight is 366 g/mol. The molecule has 0 spiro atoms. The van der Waals surface area contributed by atoms with E-state index in [-0.39, 0.29) is 11.7 Å². The van der Waals surface area contributed by atoms with E-state index in [2.05, 4.69) is 0 Å². The molecule has 1 aliphatic rings. The van der Waals surface area contributed by atoms with Gasteiger partial charge in [0, 0.05) is 5.92 Å². The molecule has 4 nitrogen and oxygen atoms in total. The van der Waals surface area contributed by atoms with Gasteiger partial charge in [-0.15, -0.1) is 0 Å². The lowest BCUT2D eigenvalue weighted by Gasteiger charge is -2.37. The zero-order chi connectivity index (χ0) is 19.4. The van der Waals surface area contributed by atoms with Gasteiger partial charge in [0.05, 0.1) is 14.2 Å². The minimum atomic E-state index is -1.38. The summed E-state index contributed by atoms with van der Waals surface area (Å²) in [7, 11) is 3.24. The molecule has 2 aromatic rings. The van der Waals surface area contributed by atoms with Crippen molar-refractivity contribution in [1.29, 1.82) is 0 Å². The van der Waals surface area contributed by atoms with Gasteiger partial charge in [-0.05, 0) is 66.3 Å². The molecule has 0 amide bonds. The van der Waals surface area contributed by atoms with Crippen LogP contribution < -0.4 is 9.47 Å². The fraction of sp³-hybridized carbons (Fsp3) is 0.348. The third-order valence-corrected chi connectivity index (χ3v) is 5.48. The normalized spacial score (nSPS) is 22.5. The van der Waals surface area contributed by atoms with Gasteiger partial charge >= 0.3 is 0 Å². The molecule has 1 aliphatic carbocycles. The molecule has 2 atom stereocenters. The summed E-state index contributed by atoms with van der Waals surface area (Å²) in [5.74, 6) is 1.06. The van der Waals surface area contributed by atoms with Crippen LogP contribution in [0.5, 0.6) is 11.5 Å². The second kappa shape index (κ2) is 7.97. The Balaban J connectivity index is 1.86. The van der Waals surface area contributed by atoms with Crippen molar-refractivity contribution in [3.8, 4) is 11.5 Å². The van der Waals surface area contributed by atoms with Crippen LogP contribution in [-0.2, 0) is 4.79 Å². The van der Waals surface area contributed by atoms with E-state index >= 15 is 0 Å². The van der Waals surface area contributed by atoms with E-state index in [1.165, 1.54) is 0 Å². The van der Waals surface area contributed by atoms with Crippen LogP contribution in [0, 0.1) is 0 Å². The van der Waals surface area contributed by atoms with E-state index in [0.717, 1.165) is 29.0 Å². The number of rotatable bonds is 5. The van der Waals surface area contributed by atoms with Crippen LogP contribution in [-0.4, -0.2) is 30.7 Å². The number of benzene rings is 2. The van der Waals surface area contributed by atoms with E-state index in [1.807, 2.05) is 61.5 Å². The van der Waals surface area contributed by atoms with Crippen molar-refractivity contribution in [3.63, 3.8) is 0 Å². The summed E-state index contributed by atoms with van der Waals surface area (Å²) in [4.78, 5) is 13.1. The summed E-state index contributed by atoms with van der Waals surface area (Å²) in [6.07, 6.45) is 3.82. The molecule has 0 heterocycles. The summed E-state index contributed by atoms with van der Waals surface area (Å²) < 4.78 is 10.4. The number of carbonyl (C=O) groups is 1. The topological polar surface area (TPSA) is 55.8 Å². The molecule has 2 aromatic carbocycles. The Hall–Kier alpha value is -2.59. The second-order valence-corrected chi connectivity index (χ2v) is 7.04. The largest absolute Gasteiger partial charge is 0.497 e. The zero-order valence-electron chi connectivity index (χ0n) is 16.1. The molecule has 3 rings (SSSR count). The number of carbonyl (C=O) groups excluding carboxylic acids is 1. The van der Waals surface area contributed by atoms with Gasteiger partial charge in [0.15, 0.2) is 5.78 Å². The maximum atomic E-state index is 13.1. The third kappa shape index (κ3) is 3.91. The number of Topliss-reactive ketones (excluding diaryl/α,β-unsaturated/α-hetero) is 1. The number of hydrogen-bond donors (Lipinski definition) is 1. The Morgan fingerprint density at radius 3 is 2.11 bits per heavy atom. The van der Waals surface area contributed by atoms with Crippen LogP contribution >= 0.6 is 0 Å². The minimum absolute atomic E-state index is 0.173. The molecule has 0 radical (unpaired) electrons. The summed E-state index contributed by atoms with van der Waals surface area (Å²) in [6.45, 7) is 1.91. The number of ether oxygens (including phenoxy) is 2. The first-order valence-electron chi connectivity index (χ1n) is 9.23. The molecule has 2 unspecified atom stereocenters. The number of methoxy groups -OCH3 is 2. The number of aliphatic hydroxyl groups is 1. The quantitative estimate of drug-likeness (QED) is 0.798. The van der Waals surface area contributed by atoms with E-state index in [1.54, 1.807) is 14.2 Å². The molecule has 1 fully saturated rings. The highest BCUT2D eigenvalue weighted by molar-refractivity contribution is 6.06. The molecule has 142 valence electrons. The first-order valence-corrected chi connectivity index (χ1v) is 9.23. The van der Waals surface area contributed by atoms with Crippen LogP contribution in [0.4, 0.5) is 0 Å². The van der Waals surface area contributed by atoms with Gasteiger partial charge in [-0.3, -0.25) is 4.79 Å². The fourth-order valence-corrected chi connectivity index (χ4v) is 3.67. The summed E-state index contributed by atoms with van der Waals surface area (Å²) >= 11 is 0. The lowest BCUT2D eigenvalue weighted by atomic mass is 9.71. The number of ketones is 1. The monoisotopic (exact) mass is 366 g/mol. The Kier molecular flexibility index (Phi) is 5.66. The van der Waals surface area contributed by atoms with Crippen molar-refractivity contribution in [2.45, 2.75) is 37.7 Å². The van der Waals surface area contributed by atoms with Crippen LogP contribution in [0.15, 0.2) is 54.1 Å². The maximum Gasteiger partial charge on any atom is 0.190 e. The number of hydrogen-bond acceptors (Lipinski definition) is 4. The lowest BCUT2D eigenvalue weighted by Crippen LogP contribution is -2.46. The van der Waals surface area contributed by atoms with Gasteiger partial charge in [-0.2, -0.15) is 0 Å². The summed E-state index contributed by atoms with van der Waals surface area (Å²) in [5.41, 5.74) is 1.15. The van der Waals surface area contributed by atoms with Crippen LogP contribution in [0.2, 0.25) is 0 Å². The highest BCUT2D eigenvalue weighted by Crippen LogP contribution is 2.40. The Morgan fingerprint density at radius 2 is 1.56 bits per heavy atom. The second-order valence-electron chi connectivity index (χ2n) is 7.04. The highest BCUT2D eigenvalue weighted by atomic mass is 16.5. The maximum absolute atomic E-state index is 13.1. The van der Waals surface area contributed by atoms with E-state index < -0.39 is 5.60 Å². The van der Waals surface area contributed by atoms with E-state index in [9.17, 15) is 9.90 Å². The molecule has 0 aromatic heterocycles. The van der Waals surface area contributed by atoms with Crippen molar-refractivity contribution < 1.29 is 19.4 Å². The SMILES string of the molecule is COc1ccc(/C=C2\CCCC(O)(C(C)c3ccc(OC)cc3)C2=O)cc1. The van der Waals surface area contributed by atoms with Crippen molar-refractivity contribution in [2.24, 2.45) is 0 Å². The molecule has 1 saturated carbocycles. The average Bonchev–Trinajstić information content (AvgIpc) is 2.71. The highest BCUT2D eigenvalue weighted by Gasteiger charge is 2.45. The third-order valence-electron chi connectivity index (χ3n) is 5.48. The van der Waals surface area contributed by atoms with Crippen LogP contribution in [0.25, 0.3) is 6.08 Å². The fourth-order valence-electron chi connectivity index (χ4n) is 3.67. The first-order chi connectivity index (χ1) is 13.0. The van der Waals surface area contributed by atoms with Crippen molar-refractivity contribution >= 4 is 11.9 Å².